The average molecular weight is 224 g/mol. The second-order valence-electron chi connectivity index (χ2n) is 3.69. The van der Waals surface area contributed by atoms with Crippen molar-refractivity contribution in [1.82, 2.24) is 9.97 Å². The van der Waals surface area contributed by atoms with Crippen LogP contribution in [0.2, 0.25) is 0 Å². The standard InChI is InChI=1S/C10H16N4S/c1-15-10-13-8(4-5-11)6-9(14-10)12-7-2-3-7/h6-7H,2-5,11H2,1H3,(H,12,13,14). The van der Waals surface area contributed by atoms with E-state index < -0.39 is 0 Å². The largest absolute Gasteiger partial charge is 0.367 e. The maximum atomic E-state index is 5.53. The van der Waals surface area contributed by atoms with Gasteiger partial charge in [-0.1, -0.05) is 11.8 Å². The number of rotatable bonds is 5. The highest BCUT2D eigenvalue weighted by atomic mass is 32.2. The van der Waals surface area contributed by atoms with E-state index in [2.05, 4.69) is 15.3 Å². The molecule has 1 aromatic heterocycles. The zero-order valence-corrected chi connectivity index (χ0v) is 9.68. The van der Waals surface area contributed by atoms with E-state index in [1.807, 2.05) is 12.3 Å². The highest BCUT2D eigenvalue weighted by molar-refractivity contribution is 7.98. The predicted octanol–water partition coefficient (Wildman–Crippen LogP) is 1.27. The quantitative estimate of drug-likeness (QED) is 0.582. The predicted molar refractivity (Wildman–Crippen MR) is 63.2 cm³/mol. The molecule has 0 amide bonds. The zero-order chi connectivity index (χ0) is 10.7. The van der Waals surface area contributed by atoms with Crippen LogP contribution in [0.25, 0.3) is 0 Å². The van der Waals surface area contributed by atoms with Crippen LogP contribution in [0.1, 0.15) is 18.5 Å². The Bertz CT molecular complexity index is 338. The summed E-state index contributed by atoms with van der Waals surface area (Å²) in [5.74, 6) is 0.945. The van der Waals surface area contributed by atoms with Crippen molar-refractivity contribution in [3.63, 3.8) is 0 Å². The van der Waals surface area contributed by atoms with Gasteiger partial charge in [-0.2, -0.15) is 0 Å². The van der Waals surface area contributed by atoms with E-state index in [0.717, 1.165) is 23.1 Å². The third-order valence-electron chi connectivity index (χ3n) is 2.27. The molecule has 0 unspecified atom stereocenters. The second kappa shape index (κ2) is 4.81. The molecule has 2 rings (SSSR count). The molecule has 0 bridgehead atoms. The van der Waals surface area contributed by atoms with E-state index in [1.165, 1.54) is 12.8 Å². The highest BCUT2D eigenvalue weighted by Crippen LogP contribution is 2.24. The van der Waals surface area contributed by atoms with Crippen LogP contribution in [0.4, 0.5) is 5.82 Å². The molecule has 1 heterocycles. The Morgan fingerprint density at radius 1 is 1.53 bits per heavy atom. The molecule has 3 N–H and O–H groups in total. The summed E-state index contributed by atoms with van der Waals surface area (Å²) in [6.07, 6.45) is 5.31. The molecule has 5 heteroatoms. The van der Waals surface area contributed by atoms with Crippen molar-refractivity contribution >= 4 is 17.6 Å². The van der Waals surface area contributed by atoms with Gasteiger partial charge in [0.05, 0.1) is 0 Å². The first-order valence-corrected chi connectivity index (χ1v) is 6.43. The second-order valence-corrected chi connectivity index (χ2v) is 4.46. The lowest BCUT2D eigenvalue weighted by Crippen LogP contribution is -2.09. The van der Waals surface area contributed by atoms with Gasteiger partial charge >= 0.3 is 0 Å². The molecule has 0 spiro atoms. The van der Waals surface area contributed by atoms with Gasteiger partial charge in [-0.25, -0.2) is 9.97 Å². The number of thioether (sulfide) groups is 1. The van der Waals surface area contributed by atoms with Crippen LogP contribution in [0.3, 0.4) is 0 Å². The number of nitrogens with two attached hydrogens (primary N) is 1. The first-order chi connectivity index (χ1) is 7.31. The minimum absolute atomic E-state index is 0.625. The Hall–Kier alpha value is -0.810. The van der Waals surface area contributed by atoms with E-state index in [1.54, 1.807) is 11.8 Å². The van der Waals surface area contributed by atoms with Crippen LogP contribution in [-0.4, -0.2) is 28.8 Å². The third kappa shape index (κ3) is 3.07. The lowest BCUT2D eigenvalue weighted by Gasteiger charge is -2.07. The van der Waals surface area contributed by atoms with Gasteiger partial charge < -0.3 is 11.1 Å². The first-order valence-electron chi connectivity index (χ1n) is 5.20. The molecular weight excluding hydrogens is 208 g/mol. The van der Waals surface area contributed by atoms with Crippen LogP contribution >= 0.6 is 11.8 Å². The topological polar surface area (TPSA) is 63.8 Å². The van der Waals surface area contributed by atoms with Gasteiger partial charge in [-0.05, 0) is 25.6 Å². The summed E-state index contributed by atoms with van der Waals surface area (Å²) in [4.78, 5) is 8.82. The minimum Gasteiger partial charge on any atom is -0.367 e. The van der Waals surface area contributed by atoms with Crippen LogP contribution in [0, 0.1) is 0 Å². The number of anilines is 1. The number of nitrogens with one attached hydrogen (secondary N) is 1. The van der Waals surface area contributed by atoms with Gasteiger partial charge in [-0.3, -0.25) is 0 Å². The first kappa shape index (κ1) is 10.7. The van der Waals surface area contributed by atoms with Crippen molar-refractivity contribution in [2.24, 2.45) is 5.73 Å². The number of nitrogens with zero attached hydrogens (tertiary/aromatic N) is 2. The molecule has 1 aliphatic rings. The normalized spacial score (nSPS) is 15.3. The SMILES string of the molecule is CSc1nc(CCN)cc(NC2CC2)n1. The molecule has 0 aliphatic heterocycles. The van der Waals surface area contributed by atoms with Gasteiger partial charge in [0.25, 0.3) is 0 Å². The molecular formula is C10H16N4S. The maximum Gasteiger partial charge on any atom is 0.189 e. The fraction of sp³-hybridized carbons (Fsp3) is 0.600. The average Bonchev–Trinajstić information content (AvgIpc) is 3.02. The fourth-order valence-corrected chi connectivity index (χ4v) is 1.75. The van der Waals surface area contributed by atoms with E-state index in [-0.39, 0.29) is 0 Å². The van der Waals surface area contributed by atoms with Crippen LogP contribution in [0.5, 0.6) is 0 Å². The van der Waals surface area contributed by atoms with Crippen molar-refractivity contribution in [3.8, 4) is 0 Å². The van der Waals surface area contributed by atoms with Gasteiger partial charge in [-0.15, -0.1) is 0 Å². The van der Waals surface area contributed by atoms with E-state index in [4.69, 9.17) is 5.73 Å². The molecule has 1 aromatic rings. The molecule has 15 heavy (non-hydrogen) atoms. The summed E-state index contributed by atoms with van der Waals surface area (Å²) < 4.78 is 0. The van der Waals surface area contributed by atoms with Crippen molar-refractivity contribution in [3.05, 3.63) is 11.8 Å². The number of aromatic nitrogens is 2. The van der Waals surface area contributed by atoms with Crippen LogP contribution < -0.4 is 11.1 Å². The Kier molecular flexibility index (Phi) is 3.43. The Morgan fingerprint density at radius 3 is 2.93 bits per heavy atom. The molecule has 4 nitrogen and oxygen atoms in total. The smallest absolute Gasteiger partial charge is 0.189 e. The van der Waals surface area contributed by atoms with Crippen molar-refractivity contribution < 1.29 is 0 Å². The summed E-state index contributed by atoms with van der Waals surface area (Å²) in [6, 6.07) is 2.63. The van der Waals surface area contributed by atoms with Crippen LogP contribution in [-0.2, 0) is 6.42 Å². The maximum absolute atomic E-state index is 5.53. The highest BCUT2D eigenvalue weighted by Gasteiger charge is 2.21. The summed E-state index contributed by atoms with van der Waals surface area (Å²) in [5, 5.41) is 4.21. The molecule has 1 aliphatic carbocycles. The van der Waals surface area contributed by atoms with E-state index in [9.17, 15) is 0 Å². The third-order valence-corrected chi connectivity index (χ3v) is 2.82. The molecule has 0 radical (unpaired) electrons. The van der Waals surface area contributed by atoms with E-state index in [0.29, 0.717) is 12.6 Å². The van der Waals surface area contributed by atoms with E-state index >= 15 is 0 Å². The molecule has 1 fully saturated rings. The molecule has 1 saturated carbocycles. The fourth-order valence-electron chi connectivity index (χ4n) is 1.35. The Labute approximate surface area is 94.1 Å². The lowest BCUT2D eigenvalue weighted by molar-refractivity contribution is 0.850. The molecule has 0 aromatic carbocycles. The summed E-state index contributed by atoms with van der Waals surface area (Å²) in [7, 11) is 0. The monoisotopic (exact) mass is 224 g/mol. The van der Waals surface area contributed by atoms with Gasteiger partial charge in [0.15, 0.2) is 5.16 Å². The molecule has 82 valence electrons. The summed E-state index contributed by atoms with van der Waals surface area (Å²) >= 11 is 1.57. The van der Waals surface area contributed by atoms with Crippen molar-refractivity contribution in [1.29, 1.82) is 0 Å². The van der Waals surface area contributed by atoms with Gasteiger partial charge in [0.2, 0.25) is 0 Å². The lowest BCUT2D eigenvalue weighted by atomic mass is 10.3. The van der Waals surface area contributed by atoms with Crippen LogP contribution in [0.15, 0.2) is 11.2 Å². The molecule has 0 saturated heterocycles. The summed E-state index contributed by atoms with van der Waals surface area (Å²) in [5.41, 5.74) is 6.56. The number of hydrogen-bond acceptors (Lipinski definition) is 5. The van der Waals surface area contributed by atoms with Gasteiger partial charge in [0.1, 0.15) is 5.82 Å². The molecule has 0 atom stereocenters. The summed E-state index contributed by atoms with van der Waals surface area (Å²) in [6.45, 7) is 0.633. The van der Waals surface area contributed by atoms with Crippen molar-refractivity contribution in [2.45, 2.75) is 30.5 Å². The number of hydrogen-bond donors (Lipinski definition) is 2. The Balaban J connectivity index is 2.15. The Morgan fingerprint density at radius 2 is 2.33 bits per heavy atom. The van der Waals surface area contributed by atoms with Crippen molar-refractivity contribution in [2.75, 3.05) is 18.1 Å². The zero-order valence-electron chi connectivity index (χ0n) is 8.86. The van der Waals surface area contributed by atoms with Gasteiger partial charge in [0, 0.05) is 24.2 Å². The minimum atomic E-state index is 0.625.